The summed E-state index contributed by atoms with van der Waals surface area (Å²) >= 11 is 0. The monoisotopic (exact) mass is 456 g/mol. The summed E-state index contributed by atoms with van der Waals surface area (Å²) in [5.41, 5.74) is 2.96. The minimum atomic E-state index is -0.397. The van der Waals surface area contributed by atoms with Gasteiger partial charge in [0.15, 0.2) is 6.61 Å². The van der Waals surface area contributed by atoms with E-state index in [1.54, 1.807) is 4.90 Å². The number of rotatable bonds is 8. The molecule has 33 heavy (non-hydrogen) atoms. The second-order valence-corrected chi connectivity index (χ2v) is 9.22. The van der Waals surface area contributed by atoms with Gasteiger partial charge in [-0.25, -0.2) is 4.39 Å². The first-order chi connectivity index (χ1) is 15.7. The van der Waals surface area contributed by atoms with Gasteiger partial charge in [0.25, 0.3) is 5.91 Å². The molecule has 0 radical (unpaired) electrons. The van der Waals surface area contributed by atoms with Crippen LogP contribution in [0.25, 0.3) is 0 Å². The van der Waals surface area contributed by atoms with E-state index in [9.17, 15) is 18.8 Å². The van der Waals surface area contributed by atoms with Crippen molar-refractivity contribution in [3.05, 3.63) is 58.7 Å². The van der Waals surface area contributed by atoms with Crippen molar-refractivity contribution in [3.8, 4) is 0 Å². The van der Waals surface area contributed by atoms with Gasteiger partial charge in [0.05, 0.1) is 5.92 Å². The fourth-order valence-corrected chi connectivity index (χ4v) is 4.24. The highest BCUT2D eigenvalue weighted by Gasteiger charge is 2.29. The molecular weight excluding hydrogens is 423 g/mol. The molecular formula is C26H33FN2O4. The zero-order valence-corrected chi connectivity index (χ0v) is 19.9. The van der Waals surface area contributed by atoms with E-state index in [-0.39, 0.29) is 30.0 Å². The molecule has 0 N–H and O–H groups in total. The SMILES string of the molecule is Cc1cc(C(=O)COC(=O)C2CCN(C(=O)c3ccc(F)cc3)CC2)c(C)n1CCC(C)C. The standard InChI is InChI=1S/C26H33FN2O4/c1-17(2)9-14-29-18(3)15-23(19(29)4)24(30)16-33-26(32)21-10-12-28(13-11-21)25(31)20-5-7-22(27)8-6-20/h5-8,15,17,21H,9-14,16H2,1-4H3. The number of carbonyl (C=O) groups is 3. The third-order valence-corrected chi connectivity index (χ3v) is 6.36. The topological polar surface area (TPSA) is 68.6 Å². The predicted octanol–water partition coefficient (Wildman–Crippen LogP) is 4.57. The molecule has 1 aliphatic rings. The maximum Gasteiger partial charge on any atom is 0.309 e. The Balaban J connectivity index is 1.49. The Morgan fingerprint density at radius 2 is 1.73 bits per heavy atom. The average molecular weight is 457 g/mol. The average Bonchev–Trinajstić information content (AvgIpc) is 3.09. The highest BCUT2D eigenvalue weighted by Crippen LogP contribution is 2.22. The number of carbonyl (C=O) groups excluding carboxylic acids is 3. The number of benzene rings is 1. The number of piperidine rings is 1. The number of amides is 1. The van der Waals surface area contributed by atoms with Crippen LogP contribution in [0.1, 0.15) is 65.2 Å². The Morgan fingerprint density at radius 3 is 2.33 bits per heavy atom. The zero-order valence-electron chi connectivity index (χ0n) is 19.9. The second-order valence-electron chi connectivity index (χ2n) is 9.22. The van der Waals surface area contributed by atoms with Gasteiger partial charge in [0.1, 0.15) is 5.82 Å². The first-order valence-electron chi connectivity index (χ1n) is 11.6. The number of ether oxygens (including phenoxy) is 1. The summed E-state index contributed by atoms with van der Waals surface area (Å²) < 4.78 is 20.6. The van der Waals surface area contributed by atoms with Gasteiger partial charge in [0.2, 0.25) is 5.78 Å². The number of halogens is 1. The molecule has 178 valence electrons. The van der Waals surface area contributed by atoms with Crippen LogP contribution in [0, 0.1) is 31.5 Å². The van der Waals surface area contributed by atoms with E-state index in [4.69, 9.17) is 4.74 Å². The van der Waals surface area contributed by atoms with Crippen LogP contribution in [-0.2, 0) is 16.1 Å². The van der Waals surface area contributed by atoms with Crippen LogP contribution < -0.4 is 0 Å². The Morgan fingerprint density at radius 1 is 1.09 bits per heavy atom. The van der Waals surface area contributed by atoms with Crippen LogP contribution in [0.4, 0.5) is 4.39 Å². The molecule has 0 spiro atoms. The molecule has 1 saturated heterocycles. The summed E-state index contributed by atoms with van der Waals surface area (Å²) in [7, 11) is 0. The van der Waals surface area contributed by atoms with Crippen LogP contribution in [0.3, 0.4) is 0 Å². The maximum atomic E-state index is 13.1. The number of ketones is 1. The number of aromatic nitrogens is 1. The highest BCUT2D eigenvalue weighted by atomic mass is 19.1. The molecule has 1 aromatic carbocycles. The quantitative estimate of drug-likeness (QED) is 0.431. The Kier molecular flexibility index (Phi) is 8.06. The summed E-state index contributed by atoms with van der Waals surface area (Å²) in [6, 6.07) is 7.31. The molecule has 7 heteroatoms. The van der Waals surface area contributed by atoms with Gasteiger partial charge in [-0.1, -0.05) is 13.8 Å². The number of esters is 1. The number of aryl methyl sites for hydroxylation is 1. The number of hydrogen-bond acceptors (Lipinski definition) is 4. The molecule has 1 amide bonds. The predicted molar refractivity (Wildman–Crippen MR) is 124 cm³/mol. The van der Waals surface area contributed by atoms with Gasteiger partial charge in [-0.3, -0.25) is 14.4 Å². The van der Waals surface area contributed by atoms with Gasteiger partial charge in [-0.05, 0) is 69.4 Å². The van der Waals surface area contributed by atoms with Gasteiger partial charge in [-0.2, -0.15) is 0 Å². The van der Waals surface area contributed by atoms with E-state index >= 15 is 0 Å². The molecule has 0 saturated carbocycles. The number of nitrogens with zero attached hydrogens (tertiary/aromatic N) is 2. The highest BCUT2D eigenvalue weighted by molar-refractivity contribution is 5.99. The molecule has 1 fully saturated rings. The van der Waals surface area contributed by atoms with Crippen molar-refractivity contribution < 1.29 is 23.5 Å². The molecule has 1 aliphatic heterocycles. The molecule has 0 aliphatic carbocycles. The van der Waals surface area contributed by atoms with E-state index in [1.165, 1.54) is 24.3 Å². The van der Waals surface area contributed by atoms with E-state index in [0.717, 1.165) is 24.4 Å². The van der Waals surface area contributed by atoms with Crippen LogP contribution >= 0.6 is 0 Å². The Hall–Kier alpha value is -2.96. The largest absolute Gasteiger partial charge is 0.457 e. The van der Waals surface area contributed by atoms with Crippen LogP contribution in [0.15, 0.2) is 30.3 Å². The van der Waals surface area contributed by atoms with Crippen LogP contribution in [0.2, 0.25) is 0 Å². The molecule has 2 heterocycles. The maximum absolute atomic E-state index is 13.1. The van der Waals surface area contributed by atoms with E-state index in [2.05, 4.69) is 18.4 Å². The lowest BCUT2D eigenvalue weighted by Gasteiger charge is -2.31. The van der Waals surface area contributed by atoms with Gasteiger partial charge >= 0.3 is 5.97 Å². The zero-order chi connectivity index (χ0) is 24.1. The molecule has 6 nitrogen and oxygen atoms in total. The summed E-state index contributed by atoms with van der Waals surface area (Å²) in [6.07, 6.45) is 1.98. The normalized spacial score (nSPS) is 14.5. The molecule has 0 bridgehead atoms. The van der Waals surface area contributed by atoms with Crippen LogP contribution in [0.5, 0.6) is 0 Å². The molecule has 1 aromatic heterocycles. The number of Topliss-reactive ketones (excluding diaryl/α,β-unsaturated/α-hetero) is 1. The van der Waals surface area contributed by atoms with Crippen LogP contribution in [-0.4, -0.2) is 46.8 Å². The van der Waals surface area contributed by atoms with Crippen molar-refractivity contribution in [1.82, 2.24) is 9.47 Å². The lowest BCUT2D eigenvalue weighted by atomic mass is 9.96. The minimum Gasteiger partial charge on any atom is -0.457 e. The first-order valence-corrected chi connectivity index (χ1v) is 11.6. The summed E-state index contributed by atoms with van der Waals surface area (Å²) in [4.78, 5) is 39.4. The Labute approximate surface area is 194 Å². The molecule has 0 atom stereocenters. The van der Waals surface area contributed by atoms with E-state index < -0.39 is 5.97 Å². The fraction of sp³-hybridized carbons (Fsp3) is 0.500. The molecule has 0 unspecified atom stereocenters. The van der Waals surface area contributed by atoms with E-state index in [0.29, 0.717) is 43.0 Å². The smallest absolute Gasteiger partial charge is 0.309 e. The van der Waals surface area contributed by atoms with Crippen molar-refractivity contribution in [2.24, 2.45) is 11.8 Å². The lowest BCUT2D eigenvalue weighted by molar-refractivity contribution is -0.148. The third-order valence-electron chi connectivity index (χ3n) is 6.36. The molecule has 2 aromatic rings. The fourth-order valence-electron chi connectivity index (χ4n) is 4.24. The van der Waals surface area contributed by atoms with Gasteiger partial charge in [0, 0.05) is 42.1 Å². The van der Waals surface area contributed by atoms with Crippen molar-refractivity contribution in [2.75, 3.05) is 19.7 Å². The second kappa shape index (κ2) is 10.8. The third kappa shape index (κ3) is 6.09. The molecule has 3 rings (SSSR count). The van der Waals surface area contributed by atoms with Crippen molar-refractivity contribution in [1.29, 1.82) is 0 Å². The number of likely N-dealkylation sites (tertiary alicyclic amines) is 1. The van der Waals surface area contributed by atoms with Gasteiger partial charge in [-0.15, -0.1) is 0 Å². The number of hydrogen-bond donors (Lipinski definition) is 0. The van der Waals surface area contributed by atoms with Crippen molar-refractivity contribution in [2.45, 2.75) is 53.5 Å². The van der Waals surface area contributed by atoms with E-state index in [1.807, 2.05) is 19.9 Å². The summed E-state index contributed by atoms with van der Waals surface area (Å²) in [5.74, 6) is -0.927. The van der Waals surface area contributed by atoms with Gasteiger partial charge < -0.3 is 14.2 Å². The minimum absolute atomic E-state index is 0.176. The first kappa shape index (κ1) is 24.7. The lowest BCUT2D eigenvalue weighted by Crippen LogP contribution is -2.40. The summed E-state index contributed by atoms with van der Waals surface area (Å²) in [5, 5.41) is 0. The Bertz CT molecular complexity index is 1000. The van der Waals surface area contributed by atoms with Crippen molar-refractivity contribution >= 4 is 17.7 Å². The summed E-state index contributed by atoms with van der Waals surface area (Å²) in [6.45, 7) is 9.67. The van der Waals surface area contributed by atoms with Crippen molar-refractivity contribution in [3.63, 3.8) is 0 Å².